The summed E-state index contributed by atoms with van der Waals surface area (Å²) in [6, 6.07) is 13.5. The summed E-state index contributed by atoms with van der Waals surface area (Å²) >= 11 is 0. The summed E-state index contributed by atoms with van der Waals surface area (Å²) in [5.41, 5.74) is 3.86. The Bertz CT molecular complexity index is 1270. The number of para-hydroxylation sites is 2. The summed E-state index contributed by atoms with van der Waals surface area (Å²) in [5, 5.41) is 12.6. The number of aromatic nitrogens is 2. The molecule has 0 aliphatic heterocycles. The molecule has 0 spiro atoms. The number of anilines is 1. The zero-order valence-electron chi connectivity index (χ0n) is 15.3. The maximum atomic E-state index is 13.3. The molecule has 7 nitrogen and oxygen atoms in total. The molecule has 1 aromatic heterocycles. The third kappa shape index (κ3) is 3.81. The van der Waals surface area contributed by atoms with Crippen LogP contribution in [-0.4, -0.2) is 26.6 Å². The fourth-order valence-electron chi connectivity index (χ4n) is 2.91. The number of hydrogen-bond acceptors (Lipinski definition) is 4. The van der Waals surface area contributed by atoms with Crippen LogP contribution in [0.4, 0.5) is 14.5 Å². The second kappa shape index (κ2) is 7.63. The monoisotopic (exact) mass is 408 g/mol. The number of aromatic hydroxyl groups is 1. The molecular formula is C21H14F2N4O3. The normalized spacial score (nSPS) is 10.7. The number of nitrogens with one attached hydrogen (secondary N) is 2. The highest BCUT2D eigenvalue weighted by Gasteiger charge is 2.15. The Morgan fingerprint density at radius 2 is 1.67 bits per heavy atom. The molecule has 0 atom stereocenters. The second-order valence-corrected chi connectivity index (χ2v) is 6.39. The summed E-state index contributed by atoms with van der Waals surface area (Å²) in [7, 11) is 0. The van der Waals surface area contributed by atoms with Crippen LogP contribution in [0.3, 0.4) is 0 Å². The Kier molecular flexibility index (Phi) is 4.85. The first kappa shape index (κ1) is 19.1. The van der Waals surface area contributed by atoms with Gasteiger partial charge in [-0.15, -0.1) is 0 Å². The number of hydrogen-bond donors (Lipinski definition) is 3. The molecule has 0 aliphatic carbocycles. The van der Waals surface area contributed by atoms with E-state index < -0.39 is 23.4 Å². The molecule has 3 N–H and O–H groups in total. The molecule has 0 saturated carbocycles. The fraction of sp³-hybridized carbons (Fsp3) is 0. The molecule has 0 aliphatic rings. The van der Waals surface area contributed by atoms with Gasteiger partial charge < -0.3 is 10.4 Å². The average Bonchev–Trinajstić information content (AvgIpc) is 3.10. The molecule has 30 heavy (non-hydrogen) atoms. The van der Waals surface area contributed by atoms with Gasteiger partial charge in [-0.05, 0) is 36.4 Å². The number of imidazole rings is 1. The van der Waals surface area contributed by atoms with Gasteiger partial charge in [-0.25, -0.2) is 18.4 Å². The Morgan fingerprint density at radius 1 is 0.933 bits per heavy atom. The predicted molar refractivity (Wildman–Crippen MR) is 106 cm³/mol. The zero-order valence-corrected chi connectivity index (χ0v) is 15.3. The number of phenolic OH excluding ortho intramolecular Hbond substituents is 1. The van der Waals surface area contributed by atoms with E-state index in [4.69, 9.17) is 0 Å². The second-order valence-electron chi connectivity index (χ2n) is 6.39. The smallest absolute Gasteiger partial charge is 0.273 e. The number of benzene rings is 3. The summed E-state index contributed by atoms with van der Waals surface area (Å²) in [6.45, 7) is 0. The lowest BCUT2D eigenvalue weighted by atomic mass is 10.1. The van der Waals surface area contributed by atoms with E-state index in [2.05, 4.69) is 15.7 Å². The van der Waals surface area contributed by atoms with Gasteiger partial charge in [0.1, 0.15) is 23.7 Å². The van der Waals surface area contributed by atoms with Gasteiger partial charge in [0.05, 0.1) is 16.6 Å². The van der Waals surface area contributed by atoms with Crippen LogP contribution in [0.5, 0.6) is 5.75 Å². The van der Waals surface area contributed by atoms with Crippen molar-refractivity contribution in [3.05, 3.63) is 89.8 Å². The van der Waals surface area contributed by atoms with Crippen LogP contribution in [0.1, 0.15) is 20.7 Å². The van der Waals surface area contributed by atoms with Gasteiger partial charge in [0.25, 0.3) is 11.8 Å². The number of rotatable bonds is 4. The molecule has 0 saturated heterocycles. The molecule has 0 bridgehead atoms. The van der Waals surface area contributed by atoms with E-state index in [1.807, 2.05) is 6.07 Å². The van der Waals surface area contributed by atoms with Crippen LogP contribution in [0.2, 0.25) is 0 Å². The molecule has 3 aromatic carbocycles. The Balaban J connectivity index is 1.51. The van der Waals surface area contributed by atoms with Gasteiger partial charge in [0, 0.05) is 23.4 Å². The molecule has 1 heterocycles. The average molecular weight is 408 g/mol. The molecule has 150 valence electrons. The lowest BCUT2D eigenvalue weighted by Gasteiger charge is -2.11. The maximum Gasteiger partial charge on any atom is 0.273 e. The summed E-state index contributed by atoms with van der Waals surface area (Å²) < 4.78 is 28.0. The maximum absolute atomic E-state index is 13.3. The van der Waals surface area contributed by atoms with Crippen molar-refractivity contribution in [2.45, 2.75) is 0 Å². The topological polar surface area (TPSA) is 96.3 Å². The predicted octanol–water partition coefficient (Wildman–Crippen LogP) is 3.66. The van der Waals surface area contributed by atoms with Crippen LogP contribution >= 0.6 is 0 Å². The van der Waals surface area contributed by atoms with Crippen molar-refractivity contribution in [2.75, 3.05) is 10.7 Å². The first-order valence-electron chi connectivity index (χ1n) is 8.74. The van der Waals surface area contributed by atoms with Gasteiger partial charge in [-0.2, -0.15) is 0 Å². The lowest BCUT2D eigenvalue weighted by molar-refractivity contribution is 0.100. The Labute approximate surface area is 168 Å². The Hall–Kier alpha value is -4.27. The minimum absolute atomic E-state index is 0.0393. The van der Waals surface area contributed by atoms with Crippen LogP contribution in [0.15, 0.2) is 67.0 Å². The number of fused-ring (bicyclic) bond motifs is 1. The van der Waals surface area contributed by atoms with Gasteiger partial charge >= 0.3 is 0 Å². The van der Waals surface area contributed by atoms with E-state index in [9.17, 15) is 23.5 Å². The van der Waals surface area contributed by atoms with E-state index >= 15 is 0 Å². The van der Waals surface area contributed by atoms with Crippen molar-refractivity contribution in [1.82, 2.24) is 9.66 Å². The van der Waals surface area contributed by atoms with Gasteiger partial charge in [-0.1, -0.05) is 12.1 Å². The number of carbonyl (C=O) groups is 2. The van der Waals surface area contributed by atoms with Crippen molar-refractivity contribution in [3.8, 4) is 5.75 Å². The quantitative estimate of drug-likeness (QED) is 0.480. The van der Waals surface area contributed by atoms with E-state index in [0.29, 0.717) is 17.1 Å². The third-order valence-electron chi connectivity index (χ3n) is 4.30. The summed E-state index contributed by atoms with van der Waals surface area (Å²) in [5.74, 6) is -3.53. The molecule has 4 aromatic rings. The van der Waals surface area contributed by atoms with E-state index in [-0.39, 0.29) is 22.6 Å². The number of phenols is 1. The summed E-state index contributed by atoms with van der Waals surface area (Å²) in [4.78, 5) is 28.8. The first-order chi connectivity index (χ1) is 14.4. The molecule has 0 unspecified atom stereocenters. The van der Waals surface area contributed by atoms with Crippen molar-refractivity contribution >= 4 is 28.5 Å². The molecule has 4 rings (SSSR count). The number of halogens is 2. The molecular weight excluding hydrogens is 394 g/mol. The van der Waals surface area contributed by atoms with Gasteiger partial charge in [0.15, 0.2) is 0 Å². The SMILES string of the molecule is O=C(Nc1ccc(C(=O)Nn2cnc3ccccc32)c(O)c1)c1cc(F)cc(F)c1. The molecule has 0 fully saturated rings. The lowest BCUT2D eigenvalue weighted by Crippen LogP contribution is -2.22. The van der Waals surface area contributed by atoms with Gasteiger partial charge in [0.2, 0.25) is 0 Å². The number of carbonyl (C=O) groups excluding carboxylic acids is 2. The zero-order chi connectivity index (χ0) is 21.3. The van der Waals surface area contributed by atoms with E-state index in [1.165, 1.54) is 23.1 Å². The van der Waals surface area contributed by atoms with E-state index in [1.54, 1.807) is 18.2 Å². The van der Waals surface area contributed by atoms with E-state index in [0.717, 1.165) is 18.2 Å². The number of amides is 2. The number of nitrogens with zero attached hydrogens (tertiary/aromatic N) is 2. The molecule has 2 amide bonds. The minimum Gasteiger partial charge on any atom is -0.507 e. The highest BCUT2D eigenvalue weighted by Crippen LogP contribution is 2.23. The first-order valence-corrected chi connectivity index (χ1v) is 8.74. The fourth-order valence-corrected chi connectivity index (χ4v) is 2.91. The molecule has 9 heteroatoms. The van der Waals surface area contributed by atoms with Crippen LogP contribution in [0, 0.1) is 11.6 Å². The third-order valence-corrected chi connectivity index (χ3v) is 4.30. The Morgan fingerprint density at radius 3 is 2.40 bits per heavy atom. The van der Waals surface area contributed by atoms with Crippen LogP contribution in [-0.2, 0) is 0 Å². The minimum atomic E-state index is -0.887. The van der Waals surface area contributed by atoms with Gasteiger partial charge in [-0.3, -0.25) is 15.0 Å². The largest absolute Gasteiger partial charge is 0.507 e. The van der Waals surface area contributed by atoms with Crippen LogP contribution < -0.4 is 10.7 Å². The van der Waals surface area contributed by atoms with Crippen molar-refractivity contribution in [1.29, 1.82) is 0 Å². The van der Waals surface area contributed by atoms with Crippen molar-refractivity contribution in [2.24, 2.45) is 0 Å². The molecule has 0 radical (unpaired) electrons. The highest BCUT2D eigenvalue weighted by molar-refractivity contribution is 6.06. The van der Waals surface area contributed by atoms with Crippen molar-refractivity contribution < 1.29 is 23.5 Å². The standard InChI is InChI=1S/C21H14F2N4O3/c22-13-7-12(8-14(23)9-13)20(29)25-15-5-6-16(19(28)10-15)21(30)26-27-11-24-17-3-1-2-4-18(17)27/h1-11,28H,(H,25,29)(H,26,30). The van der Waals surface area contributed by atoms with Crippen molar-refractivity contribution in [3.63, 3.8) is 0 Å². The highest BCUT2D eigenvalue weighted by atomic mass is 19.1. The van der Waals surface area contributed by atoms with Crippen LogP contribution in [0.25, 0.3) is 11.0 Å². The summed E-state index contributed by atoms with van der Waals surface area (Å²) in [6.07, 6.45) is 1.44.